The number of aliphatic imine (C=N–C) groups is 1. The highest BCUT2D eigenvalue weighted by Crippen LogP contribution is 2.46. The van der Waals surface area contributed by atoms with E-state index in [1.165, 1.54) is 4.57 Å². The van der Waals surface area contributed by atoms with Crippen molar-refractivity contribution < 1.29 is 18.0 Å². The Morgan fingerprint density at radius 2 is 1.34 bits per heavy atom. The Kier molecular flexibility index (Phi) is 10.5. The van der Waals surface area contributed by atoms with E-state index in [1.54, 1.807) is 12.3 Å². The van der Waals surface area contributed by atoms with Gasteiger partial charge in [-0.2, -0.15) is 9.98 Å². The summed E-state index contributed by atoms with van der Waals surface area (Å²) in [5.41, 5.74) is 10.5. The van der Waals surface area contributed by atoms with Gasteiger partial charge in [0.25, 0.3) is 0 Å². The zero-order valence-corrected chi connectivity index (χ0v) is 31.2. The van der Waals surface area contributed by atoms with E-state index in [9.17, 15) is 4.79 Å². The van der Waals surface area contributed by atoms with Crippen molar-refractivity contribution in [3.8, 4) is 0 Å². The molecule has 0 aliphatic carbocycles. The molecule has 0 amide bonds. The fraction of sp³-hybridized carbons (Fsp3) is 0.821. The first-order chi connectivity index (χ1) is 18.2. The highest BCUT2D eigenvalue weighted by Gasteiger charge is 2.55. The Labute approximate surface area is 251 Å². The van der Waals surface area contributed by atoms with Crippen LogP contribution in [0.1, 0.15) is 68.5 Å². The van der Waals surface area contributed by atoms with E-state index in [0.29, 0.717) is 6.61 Å². The Morgan fingerprint density at radius 3 is 1.76 bits per heavy atom. The molecule has 0 saturated carbocycles. The number of hydrogen-bond donors (Lipinski definition) is 2. The molecule has 13 heteroatoms. The van der Waals surface area contributed by atoms with Crippen LogP contribution < -0.4 is 17.2 Å². The molecule has 2 heterocycles. The number of hydrogen-bond acceptors (Lipinski definition) is 7. The molecule has 2 rings (SSSR count). The van der Waals surface area contributed by atoms with Gasteiger partial charge in [0.2, 0.25) is 0 Å². The largest absolute Gasteiger partial charge is 0.414 e. The monoisotopic (exact) mass is 627 g/mol. The normalized spacial score (nSPS) is 23.1. The fourth-order valence-electron chi connectivity index (χ4n) is 3.67. The van der Waals surface area contributed by atoms with Crippen molar-refractivity contribution in [3.63, 3.8) is 0 Å². The van der Waals surface area contributed by atoms with Crippen LogP contribution in [0.5, 0.6) is 0 Å². The van der Waals surface area contributed by atoms with Crippen LogP contribution in [-0.2, 0) is 18.0 Å². The lowest BCUT2D eigenvalue weighted by molar-refractivity contribution is -0.0509. The van der Waals surface area contributed by atoms with Crippen LogP contribution >= 0.6 is 0 Å². The smallest absolute Gasteiger partial charge is 0.351 e. The standard InChI is InChI=1S/C28H57N5O5Si3/c1-26(2,3)39(10,11)35-18-19-21(37-40(12,13)27(4,5)6)22(38-41(14,15)28(7,8)9)23(36-19)33-17-16-20(31-24(29)30)32-25(33)34/h16-17,19,21-23H,18H2,1-15H3,(H4,29,30,31,32,34)/t19-,21?,22?,23-/m1/s1. The molecular weight excluding hydrogens is 571 g/mol. The quantitative estimate of drug-likeness (QED) is 0.198. The minimum absolute atomic E-state index is 0.0277. The Hall–Kier alpha value is -1.36. The zero-order valence-electron chi connectivity index (χ0n) is 28.2. The van der Waals surface area contributed by atoms with Gasteiger partial charge < -0.3 is 29.5 Å². The lowest BCUT2D eigenvalue weighted by Crippen LogP contribution is -2.54. The first kappa shape index (κ1) is 35.8. The third-order valence-electron chi connectivity index (χ3n) is 9.51. The van der Waals surface area contributed by atoms with Gasteiger partial charge in [0.1, 0.15) is 18.3 Å². The van der Waals surface area contributed by atoms with E-state index in [-0.39, 0.29) is 26.9 Å². The third-order valence-corrected chi connectivity index (χ3v) is 23.0. The van der Waals surface area contributed by atoms with Crippen LogP contribution in [0.2, 0.25) is 54.4 Å². The lowest BCUT2D eigenvalue weighted by Gasteiger charge is -2.44. The summed E-state index contributed by atoms with van der Waals surface area (Å²) < 4.78 is 29.1. The fourth-order valence-corrected chi connectivity index (χ4v) is 7.29. The van der Waals surface area contributed by atoms with Crippen molar-refractivity contribution in [3.05, 3.63) is 22.7 Å². The molecule has 1 aromatic heterocycles. The second-order valence-corrected chi connectivity index (χ2v) is 30.2. The van der Waals surface area contributed by atoms with E-state index >= 15 is 0 Å². The second-order valence-electron chi connectivity index (χ2n) is 15.8. The SMILES string of the molecule is CC(C)(C)[Si](C)(C)OC[C@H]1O[C@@H](n2ccc(N=C(N)N)nc2=O)C(O[Si](C)(C)C(C)(C)C)C1O[Si](C)(C)C(C)(C)C. The van der Waals surface area contributed by atoms with Crippen molar-refractivity contribution in [2.75, 3.05) is 6.61 Å². The van der Waals surface area contributed by atoms with Gasteiger partial charge in [-0.3, -0.25) is 4.57 Å². The second kappa shape index (κ2) is 12.0. The van der Waals surface area contributed by atoms with Gasteiger partial charge in [-0.15, -0.1) is 0 Å². The van der Waals surface area contributed by atoms with E-state index in [1.807, 2.05) is 0 Å². The molecule has 2 unspecified atom stereocenters. The Bertz CT molecular complexity index is 1150. The maximum atomic E-state index is 13.3. The van der Waals surface area contributed by atoms with E-state index < -0.39 is 55.2 Å². The van der Waals surface area contributed by atoms with E-state index in [2.05, 4.69) is 112 Å². The van der Waals surface area contributed by atoms with Crippen LogP contribution in [0.25, 0.3) is 0 Å². The molecule has 1 aromatic rings. The summed E-state index contributed by atoms with van der Waals surface area (Å²) in [6.07, 6.45) is -0.581. The van der Waals surface area contributed by atoms with E-state index in [4.69, 9.17) is 29.5 Å². The van der Waals surface area contributed by atoms with Crippen molar-refractivity contribution in [2.24, 2.45) is 16.5 Å². The predicted octanol–water partition coefficient (Wildman–Crippen LogP) is 5.85. The van der Waals surface area contributed by atoms with Crippen molar-refractivity contribution in [2.45, 2.75) is 141 Å². The Morgan fingerprint density at radius 1 is 0.878 bits per heavy atom. The van der Waals surface area contributed by atoms with Crippen LogP contribution in [0.15, 0.2) is 22.1 Å². The van der Waals surface area contributed by atoms with Gasteiger partial charge >= 0.3 is 5.69 Å². The molecule has 0 bridgehead atoms. The summed E-state index contributed by atoms with van der Waals surface area (Å²) in [7, 11) is -6.75. The summed E-state index contributed by atoms with van der Waals surface area (Å²) >= 11 is 0. The number of rotatable bonds is 9. The minimum atomic E-state index is -2.34. The van der Waals surface area contributed by atoms with Gasteiger partial charge in [0, 0.05) is 6.20 Å². The topological polar surface area (TPSA) is 136 Å². The average molecular weight is 628 g/mol. The van der Waals surface area contributed by atoms with Gasteiger partial charge in [0.05, 0.1) is 6.61 Å². The number of nitrogens with zero attached hydrogens (tertiary/aromatic N) is 3. The maximum Gasteiger partial charge on any atom is 0.351 e. The molecule has 1 saturated heterocycles. The summed E-state index contributed by atoms with van der Waals surface area (Å²) in [4.78, 5) is 21.4. The first-order valence-electron chi connectivity index (χ1n) is 14.5. The van der Waals surface area contributed by atoms with Gasteiger partial charge in [-0.1, -0.05) is 62.3 Å². The van der Waals surface area contributed by atoms with Crippen LogP contribution in [-0.4, -0.2) is 65.4 Å². The van der Waals surface area contributed by atoms with Crippen molar-refractivity contribution in [1.29, 1.82) is 0 Å². The molecule has 1 fully saturated rings. The molecule has 0 aromatic carbocycles. The molecule has 1 aliphatic rings. The summed E-state index contributed by atoms with van der Waals surface area (Å²) in [5.74, 6) is -0.0328. The number of ether oxygens (including phenoxy) is 1. The average Bonchev–Trinajstić information content (AvgIpc) is 3.05. The molecule has 0 spiro atoms. The molecule has 4 N–H and O–H groups in total. The first-order valence-corrected chi connectivity index (χ1v) is 23.3. The summed E-state index contributed by atoms with van der Waals surface area (Å²) in [6, 6.07) is 1.59. The molecule has 1 aliphatic heterocycles. The summed E-state index contributed by atoms with van der Waals surface area (Å²) in [5, 5.41) is -0.0905. The van der Waals surface area contributed by atoms with Gasteiger partial charge in [0.15, 0.2) is 43.0 Å². The molecule has 236 valence electrons. The number of guanidine groups is 1. The lowest BCUT2D eigenvalue weighted by atomic mass is 10.1. The predicted molar refractivity (Wildman–Crippen MR) is 175 cm³/mol. The number of aromatic nitrogens is 2. The van der Waals surface area contributed by atoms with E-state index in [0.717, 1.165) is 0 Å². The van der Waals surface area contributed by atoms with Gasteiger partial charge in [-0.05, 0) is 60.5 Å². The molecule has 4 atom stereocenters. The van der Waals surface area contributed by atoms with Crippen molar-refractivity contribution in [1.82, 2.24) is 9.55 Å². The van der Waals surface area contributed by atoms with Gasteiger partial charge in [-0.25, -0.2) is 4.79 Å². The third kappa shape index (κ3) is 8.39. The molecule has 10 nitrogen and oxygen atoms in total. The van der Waals surface area contributed by atoms with Crippen LogP contribution in [0, 0.1) is 0 Å². The highest BCUT2D eigenvalue weighted by molar-refractivity contribution is 6.75. The van der Waals surface area contributed by atoms with Crippen molar-refractivity contribution >= 4 is 36.7 Å². The zero-order chi connectivity index (χ0) is 32.0. The maximum absolute atomic E-state index is 13.3. The number of nitrogens with two attached hydrogens (primary N) is 2. The van der Waals surface area contributed by atoms with Crippen LogP contribution in [0.3, 0.4) is 0 Å². The van der Waals surface area contributed by atoms with Crippen LogP contribution in [0.4, 0.5) is 5.82 Å². The highest BCUT2D eigenvalue weighted by atomic mass is 28.4. The molecular formula is C28H57N5O5Si3. The Balaban J connectivity index is 2.69. The molecule has 0 radical (unpaired) electrons. The minimum Gasteiger partial charge on any atom is -0.414 e. The molecule has 41 heavy (non-hydrogen) atoms. The summed E-state index contributed by atoms with van der Waals surface area (Å²) in [6.45, 7) is 33.6.